The van der Waals surface area contributed by atoms with E-state index < -0.39 is 63.1 Å². The summed E-state index contributed by atoms with van der Waals surface area (Å²) in [6.07, 6.45) is 1.59. The van der Waals surface area contributed by atoms with Crippen LogP contribution in [0.15, 0.2) is 35.9 Å². The molecule has 6 unspecified atom stereocenters. The second kappa shape index (κ2) is 7.53. The fourth-order valence-electron chi connectivity index (χ4n) is 6.05. The highest BCUT2D eigenvalue weighted by atomic mass is 79.9. The molecule has 0 bridgehead atoms. The van der Waals surface area contributed by atoms with E-state index in [4.69, 9.17) is 28.9 Å². The number of benzene rings is 1. The van der Waals surface area contributed by atoms with Gasteiger partial charge in [0.05, 0.1) is 17.3 Å². The molecule has 2 aliphatic heterocycles. The first-order valence-electron chi connectivity index (χ1n) is 10.5. The fourth-order valence-corrected chi connectivity index (χ4v) is 7.46. The molecule has 6 amide bonds. The molecular formula is C22H18BrCl2N3O6. The third-order valence-corrected chi connectivity index (χ3v) is 9.40. The number of para-hydroxylation sites is 1. The molecule has 12 heteroatoms. The van der Waals surface area contributed by atoms with E-state index in [1.54, 1.807) is 24.3 Å². The molecule has 0 aromatic heterocycles. The number of allylic oxidation sites excluding steroid dienone is 2. The molecule has 5 rings (SSSR count). The van der Waals surface area contributed by atoms with Gasteiger partial charge in [-0.25, -0.2) is 4.79 Å². The number of alkyl halides is 3. The third-order valence-electron chi connectivity index (χ3n) is 7.48. The molecule has 34 heavy (non-hydrogen) atoms. The van der Waals surface area contributed by atoms with Crippen LogP contribution in [-0.4, -0.2) is 59.8 Å². The Morgan fingerprint density at radius 1 is 1.12 bits per heavy atom. The number of likely N-dealkylation sites (tertiary alicyclic amines) is 2. The number of imide groups is 4. The number of amides is 6. The van der Waals surface area contributed by atoms with Gasteiger partial charge in [-0.2, -0.15) is 4.90 Å². The number of aromatic hydroxyl groups is 1. The molecule has 1 aromatic rings. The summed E-state index contributed by atoms with van der Waals surface area (Å²) >= 11 is 17.1. The quantitative estimate of drug-likeness (QED) is 0.242. The van der Waals surface area contributed by atoms with E-state index in [0.29, 0.717) is 10.5 Å². The first kappa shape index (κ1) is 23.3. The average molecular weight is 571 g/mol. The Morgan fingerprint density at radius 2 is 1.79 bits per heavy atom. The van der Waals surface area contributed by atoms with Crippen LogP contribution in [0.5, 0.6) is 5.75 Å². The van der Waals surface area contributed by atoms with E-state index in [1.807, 2.05) is 0 Å². The lowest BCUT2D eigenvalue weighted by Crippen LogP contribution is -2.60. The predicted molar refractivity (Wildman–Crippen MR) is 123 cm³/mol. The molecule has 6 atom stereocenters. The molecule has 3 N–H and O–H groups in total. The Morgan fingerprint density at radius 3 is 2.41 bits per heavy atom. The second-order valence-corrected chi connectivity index (χ2v) is 10.6. The molecule has 2 saturated heterocycles. The number of hydrogen-bond donors (Lipinski definition) is 2. The minimum Gasteiger partial charge on any atom is -0.508 e. The Balaban J connectivity index is 1.75. The maximum absolute atomic E-state index is 13.5. The number of phenols is 1. The Kier molecular flexibility index (Phi) is 5.17. The Labute approximate surface area is 211 Å². The van der Waals surface area contributed by atoms with Gasteiger partial charge in [0.2, 0.25) is 11.8 Å². The van der Waals surface area contributed by atoms with Crippen LogP contribution in [0.3, 0.4) is 0 Å². The van der Waals surface area contributed by atoms with E-state index >= 15 is 0 Å². The molecule has 1 aromatic carbocycles. The van der Waals surface area contributed by atoms with Crippen molar-refractivity contribution >= 4 is 68.8 Å². The van der Waals surface area contributed by atoms with Crippen molar-refractivity contribution in [3.63, 3.8) is 0 Å². The first-order chi connectivity index (χ1) is 16.0. The molecule has 178 valence electrons. The van der Waals surface area contributed by atoms with E-state index in [2.05, 4.69) is 15.9 Å². The molecule has 0 spiro atoms. The third kappa shape index (κ3) is 2.64. The highest BCUT2D eigenvalue weighted by Crippen LogP contribution is 2.66. The van der Waals surface area contributed by atoms with Crippen LogP contribution in [0, 0.1) is 17.8 Å². The number of nitrogens with zero attached hydrogens (tertiary/aromatic N) is 2. The van der Waals surface area contributed by atoms with Crippen molar-refractivity contribution in [3.8, 4) is 5.75 Å². The number of carbonyl (C=O) groups excluding carboxylic acids is 5. The normalized spacial score (nSPS) is 36.9. The van der Waals surface area contributed by atoms with Gasteiger partial charge in [0.25, 0.3) is 11.8 Å². The van der Waals surface area contributed by atoms with Crippen LogP contribution in [0.2, 0.25) is 0 Å². The Bertz CT molecular complexity index is 1220. The monoisotopic (exact) mass is 569 g/mol. The molecule has 3 fully saturated rings. The number of rotatable bonds is 2. The van der Waals surface area contributed by atoms with Crippen molar-refractivity contribution < 1.29 is 29.1 Å². The van der Waals surface area contributed by atoms with Gasteiger partial charge in [-0.15, -0.1) is 23.2 Å². The minimum atomic E-state index is -2.00. The summed E-state index contributed by atoms with van der Waals surface area (Å²) in [6, 6.07) is 5.05. The largest absolute Gasteiger partial charge is 0.508 e. The molecule has 0 radical (unpaired) electrons. The van der Waals surface area contributed by atoms with Gasteiger partial charge >= 0.3 is 6.03 Å². The van der Waals surface area contributed by atoms with Crippen molar-refractivity contribution in [2.24, 2.45) is 23.5 Å². The summed E-state index contributed by atoms with van der Waals surface area (Å²) < 4.78 is 0. The lowest BCUT2D eigenvalue weighted by Gasteiger charge is -2.50. The van der Waals surface area contributed by atoms with Crippen LogP contribution in [0.4, 0.5) is 4.79 Å². The molecule has 2 heterocycles. The zero-order chi connectivity index (χ0) is 24.7. The number of halogens is 3. The van der Waals surface area contributed by atoms with Crippen molar-refractivity contribution in [3.05, 3.63) is 41.5 Å². The van der Waals surface area contributed by atoms with Gasteiger partial charge in [0, 0.05) is 11.5 Å². The van der Waals surface area contributed by atoms with Gasteiger partial charge in [0.1, 0.15) is 5.75 Å². The van der Waals surface area contributed by atoms with Crippen molar-refractivity contribution in [2.45, 2.75) is 28.5 Å². The summed E-state index contributed by atoms with van der Waals surface area (Å²) in [6.45, 7) is 0. The topological polar surface area (TPSA) is 138 Å². The maximum Gasteiger partial charge on any atom is 0.328 e. The van der Waals surface area contributed by atoms with Crippen molar-refractivity contribution in [1.29, 1.82) is 0 Å². The summed E-state index contributed by atoms with van der Waals surface area (Å²) in [7, 11) is 0. The first-order valence-corrected chi connectivity index (χ1v) is 12.3. The maximum atomic E-state index is 13.5. The zero-order valence-electron chi connectivity index (χ0n) is 17.4. The number of primary amides is 1. The summed E-state index contributed by atoms with van der Waals surface area (Å²) in [5.74, 6) is -6.85. The minimum absolute atomic E-state index is 0.0987. The van der Waals surface area contributed by atoms with E-state index in [-0.39, 0.29) is 29.6 Å². The molecular weight excluding hydrogens is 553 g/mol. The molecule has 1 saturated carbocycles. The standard InChI is InChI=1S/C22H18BrCl2N3O6/c23-8-27-18(32)21(24)7-12-9(5-6-11-14(12)17(31)28(16(11)30)20(26)34)15(22(21,25)19(27)33)10-3-1-2-4-13(10)29/h1-5,11-12,14-15,29H,6-8H2,(H2,26,34). The Hall–Kier alpha value is -2.43. The highest BCUT2D eigenvalue weighted by molar-refractivity contribution is 9.09. The van der Waals surface area contributed by atoms with Crippen LogP contribution < -0.4 is 5.73 Å². The van der Waals surface area contributed by atoms with Gasteiger partial charge in [-0.1, -0.05) is 45.8 Å². The average Bonchev–Trinajstić information content (AvgIpc) is 3.13. The fraction of sp³-hybridized carbons (Fsp3) is 0.409. The lowest BCUT2D eigenvalue weighted by atomic mass is 9.56. The van der Waals surface area contributed by atoms with Crippen LogP contribution >= 0.6 is 39.1 Å². The highest BCUT2D eigenvalue weighted by Gasteiger charge is 2.76. The number of urea groups is 1. The molecule has 2 aliphatic carbocycles. The molecule has 9 nitrogen and oxygen atoms in total. The van der Waals surface area contributed by atoms with Gasteiger partial charge < -0.3 is 10.8 Å². The zero-order valence-corrected chi connectivity index (χ0v) is 20.5. The summed E-state index contributed by atoms with van der Waals surface area (Å²) in [5, 5.41) is 10.7. The van der Waals surface area contributed by atoms with Crippen LogP contribution in [0.1, 0.15) is 24.3 Å². The predicted octanol–water partition coefficient (Wildman–Crippen LogP) is 2.18. The number of fused-ring (bicyclic) bond motifs is 4. The number of hydrogen-bond acceptors (Lipinski definition) is 6. The number of phenolic OH excluding ortho intramolecular Hbond substituents is 1. The van der Waals surface area contributed by atoms with Gasteiger partial charge in [-0.05, 0) is 24.8 Å². The summed E-state index contributed by atoms with van der Waals surface area (Å²) in [5.41, 5.74) is 5.91. The van der Waals surface area contributed by atoms with Crippen molar-refractivity contribution in [1.82, 2.24) is 9.80 Å². The van der Waals surface area contributed by atoms with E-state index in [9.17, 15) is 29.1 Å². The van der Waals surface area contributed by atoms with Gasteiger partial charge in [0.15, 0.2) is 9.75 Å². The van der Waals surface area contributed by atoms with Crippen LogP contribution in [0.25, 0.3) is 0 Å². The van der Waals surface area contributed by atoms with E-state index in [1.165, 1.54) is 6.07 Å². The SMILES string of the molecule is NC(=O)N1C(=O)C2CC=C3C(CC4(Cl)C(=O)N(CBr)C(=O)C4(Cl)C3c3ccccc3O)C2C1=O. The van der Waals surface area contributed by atoms with E-state index in [0.717, 1.165) is 4.90 Å². The summed E-state index contributed by atoms with van der Waals surface area (Å²) in [4.78, 5) is 62.1. The van der Waals surface area contributed by atoms with Crippen LogP contribution in [-0.2, 0) is 19.2 Å². The number of carbonyl (C=O) groups is 5. The number of nitrogens with two attached hydrogens (primary N) is 1. The smallest absolute Gasteiger partial charge is 0.328 e. The lowest BCUT2D eigenvalue weighted by molar-refractivity contribution is -0.139. The van der Waals surface area contributed by atoms with Gasteiger partial charge in [-0.3, -0.25) is 24.1 Å². The van der Waals surface area contributed by atoms with Crippen molar-refractivity contribution in [2.75, 3.05) is 5.45 Å². The molecule has 4 aliphatic rings. The second-order valence-electron chi connectivity index (χ2n) is 8.90.